The molecule has 2 amide bonds. The zero-order valence-electron chi connectivity index (χ0n) is 15.5. The minimum atomic E-state index is -0.654. The monoisotopic (exact) mass is 362 g/mol. The number of nitrogens with zero attached hydrogens (tertiary/aromatic N) is 1. The fourth-order valence-electron chi connectivity index (χ4n) is 3.26. The van der Waals surface area contributed by atoms with Crippen molar-refractivity contribution in [2.75, 3.05) is 20.3 Å². The maximum Gasteiger partial charge on any atom is 0.325 e. The van der Waals surface area contributed by atoms with Crippen molar-refractivity contribution < 1.29 is 23.9 Å². The second kappa shape index (κ2) is 9.22. The number of ether oxygens (including phenoxy) is 2. The molecule has 2 atom stereocenters. The Morgan fingerprint density at radius 2 is 1.81 bits per heavy atom. The third-order valence-electron chi connectivity index (χ3n) is 4.58. The largest absolute Gasteiger partial charge is 0.496 e. The summed E-state index contributed by atoms with van der Waals surface area (Å²) < 4.78 is 10.1. The summed E-state index contributed by atoms with van der Waals surface area (Å²) in [6.45, 7) is 3.39. The highest BCUT2D eigenvalue weighted by molar-refractivity contribution is 5.98. The molecule has 0 spiro atoms. The number of likely N-dealkylation sites (tertiary alicyclic amines) is 1. The number of nitrogens with one attached hydrogen (secondary N) is 1. The molecular formula is C19H26N2O5. The highest BCUT2D eigenvalue weighted by Gasteiger charge is 2.29. The normalized spacial score (nSPS) is 19.6. The Morgan fingerprint density at radius 1 is 1.15 bits per heavy atom. The third kappa shape index (κ3) is 4.97. The Morgan fingerprint density at radius 3 is 2.46 bits per heavy atom. The summed E-state index contributed by atoms with van der Waals surface area (Å²) in [5, 5.41) is 2.48. The van der Waals surface area contributed by atoms with E-state index < -0.39 is 11.9 Å². The molecule has 1 aromatic carbocycles. The molecule has 0 aliphatic carbocycles. The SMILES string of the molecule is COc1ccccc1C(=O)NCC(=O)OCC(=O)N1[C@H](C)CCC[C@H]1C. The first-order valence-electron chi connectivity index (χ1n) is 8.82. The lowest BCUT2D eigenvalue weighted by Crippen LogP contribution is -2.49. The molecular weight excluding hydrogens is 336 g/mol. The van der Waals surface area contributed by atoms with Gasteiger partial charge in [0.2, 0.25) is 0 Å². The number of amides is 2. The van der Waals surface area contributed by atoms with Crippen molar-refractivity contribution in [2.24, 2.45) is 0 Å². The molecule has 1 saturated heterocycles. The van der Waals surface area contributed by atoms with Crippen molar-refractivity contribution in [1.29, 1.82) is 0 Å². The molecule has 0 aromatic heterocycles. The molecule has 0 bridgehead atoms. The maximum atomic E-state index is 12.3. The first-order valence-corrected chi connectivity index (χ1v) is 8.82. The van der Waals surface area contributed by atoms with E-state index in [1.54, 1.807) is 29.2 Å². The van der Waals surface area contributed by atoms with Crippen LogP contribution in [0.5, 0.6) is 5.75 Å². The molecule has 7 heteroatoms. The Bertz CT molecular complexity index is 651. The summed E-state index contributed by atoms with van der Waals surface area (Å²) in [6.07, 6.45) is 3.01. The van der Waals surface area contributed by atoms with Gasteiger partial charge in [0.25, 0.3) is 11.8 Å². The molecule has 142 valence electrons. The lowest BCUT2D eigenvalue weighted by Gasteiger charge is -2.38. The topological polar surface area (TPSA) is 84.9 Å². The molecule has 1 fully saturated rings. The highest BCUT2D eigenvalue weighted by atomic mass is 16.5. The van der Waals surface area contributed by atoms with Crippen LogP contribution in [0, 0.1) is 0 Å². The van der Waals surface area contributed by atoms with Crippen LogP contribution in [0.3, 0.4) is 0 Å². The van der Waals surface area contributed by atoms with Crippen LogP contribution >= 0.6 is 0 Å². The van der Waals surface area contributed by atoms with Crippen LogP contribution in [0.15, 0.2) is 24.3 Å². The zero-order chi connectivity index (χ0) is 19.1. The number of hydrogen-bond acceptors (Lipinski definition) is 5. The molecule has 0 unspecified atom stereocenters. The molecule has 2 rings (SSSR count). The van der Waals surface area contributed by atoms with E-state index in [9.17, 15) is 14.4 Å². The summed E-state index contributed by atoms with van der Waals surface area (Å²) in [5.74, 6) is -0.876. The summed E-state index contributed by atoms with van der Waals surface area (Å²) >= 11 is 0. The molecule has 1 aliphatic heterocycles. The predicted molar refractivity (Wildman–Crippen MR) is 95.9 cm³/mol. The van der Waals surface area contributed by atoms with E-state index in [1.165, 1.54) is 7.11 Å². The Labute approximate surface area is 153 Å². The van der Waals surface area contributed by atoms with Gasteiger partial charge >= 0.3 is 5.97 Å². The Hall–Kier alpha value is -2.57. The van der Waals surface area contributed by atoms with Crippen LogP contribution in [0.25, 0.3) is 0 Å². The average Bonchev–Trinajstić information content (AvgIpc) is 2.64. The van der Waals surface area contributed by atoms with E-state index >= 15 is 0 Å². The van der Waals surface area contributed by atoms with E-state index in [4.69, 9.17) is 9.47 Å². The fraction of sp³-hybridized carbons (Fsp3) is 0.526. The van der Waals surface area contributed by atoms with Crippen molar-refractivity contribution >= 4 is 17.8 Å². The Kier molecular flexibility index (Phi) is 7.00. The summed E-state index contributed by atoms with van der Waals surface area (Å²) in [5.41, 5.74) is 0.329. The highest BCUT2D eigenvalue weighted by Crippen LogP contribution is 2.22. The molecule has 0 saturated carbocycles. The molecule has 7 nitrogen and oxygen atoms in total. The Balaban J connectivity index is 1.80. The lowest BCUT2D eigenvalue weighted by atomic mass is 9.97. The van der Waals surface area contributed by atoms with Gasteiger partial charge in [-0.15, -0.1) is 0 Å². The second-order valence-electron chi connectivity index (χ2n) is 6.47. The quantitative estimate of drug-likeness (QED) is 0.780. The van der Waals surface area contributed by atoms with Gasteiger partial charge in [0, 0.05) is 12.1 Å². The number of rotatable bonds is 6. The van der Waals surface area contributed by atoms with E-state index in [-0.39, 0.29) is 31.1 Å². The van der Waals surface area contributed by atoms with Crippen molar-refractivity contribution in [1.82, 2.24) is 10.2 Å². The number of carbonyl (C=O) groups is 3. The van der Waals surface area contributed by atoms with Gasteiger partial charge in [-0.2, -0.15) is 0 Å². The van der Waals surface area contributed by atoms with E-state index in [2.05, 4.69) is 5.32 Å². The minimum absolute atomic E-state index is 0.148. The number of piperidine rings is 1. The first-order chi connectivity index (χ1) is 12.4. The minimum Gasteiger partial charge on any atom is -0.496 e. The van der Waals surface area contributed by atoms with Gasteiger partial charge in [-0.3, -0.25) is 14.4 Å². The molecule has 1 aromatic rings. The van der Waals surface area contributed by atoms with Gasteiger partial charge in [-0.05, 0) is 45.2 Å². The van der Waals surface area contributed by atoms with Crippen molar-refractivity contribution in [3.8, 4) is 5.75 Å². The molecule has 1 aliphatic rings. The van der Waals surface area contributed by atoms with Gasteiger partial charge in [-0.25, -0.2) is 0 Å². The smallest absolute Gasteiger partial charge is 0.325 e. The van der Waals surface area contributed by atoms with Crippen LogP contribution in [0.1, 0.15) is 43.5 Å². The van der Waals surface area contributed by atoms with Gasteiger partial charge in [-0.1, -0.05) is 12.1 Å². The van der Waals surface area contributed by atoms with Crippen LogP contribution in [-0.2, 0) is 14.3 Å². The van der Waals surface area contributed by atoms with Crippen LogP contribution < -0.4 is 10.1 Å². The zero-order valence-corrected chi connectivity index (χ0v) is 15.5. The lowest BCUT2D eigenvalue weighted by molar-refractivity contribution is -0.154. The fourth-order valence-corrected chi connectivity index (χ4v) is 3.26. The molecule has 26 heavy (non-hydrogen) atoms. The number of benzene rings is 1. The van der Waals surface area contributed by atoms with Crippen LogP contribution in [-0.4, -0.2) is 55.0 Å². The number of carbonyl (C=O) groups excluding carboxylic acids is 3. The van der Waals surface area contributed by atoms with Gasteiger partial charge in [0.05, 0.1) is 12.7 Å². The number of hydrogen-bond donors (Lipinski definition) is 1. The molecule has 0 radical (unpaired) electrons. The van der Waals surface area contributed by atoms with Gasteiger partial charge < -0.3 is 19.7 Å². The number of para-hydroxylation sites is 1. The van der Waals surface area contributed by atoms with Crippen molar-refractivity contribution in [3.63, 3.8) is 0 Å². The third-order valence-corrected chi connectivity index (χ3v) is 4.58. The van der Waals surface area contributed by atoms with Gasteiger partial charge in [0.1, 0.15) is 12.3 Å². The van der Waals surface area contributed by atoms with E-state index in [1.807, 2.05) is 13.8 Å². The van der Waals surface area contributed by atoms with Crippen molar-refractivity contribution in [3.05, 3.63) is 29.8 Å². The van der Waals surface area contributed by atoms with E-state index in [0.717, 1.165) is 19.3 Å². The first kappa shape index (κ1) is 19.8. The van der Waals surface area contributed by atoms with Crippen molar-refractivity contribution in [2.45, 2.75) is 45.2 Å². The van der Waals surface area contributed by atoms with Crippen LogP contribution in [0.4, 0.5) is 0 Å². The average molecular weight is 362 g/mol. The number of esters is 1. The standard InChI is InChI=1S/C19H26N2O5/c1-13-7-6-8-14(2)21(13)17(22)12-26-18(23)11-20-19(24)15-9-4-5-10-16(15)25-3/h4-5,9-10,13-14H,6-8,11-12H2,1-3H3,(H,20,24)/t13-,14-/m1/s1. The maximum absolute atomic E-state index is 12.3. The summed E-state index contributed by atoms with van der Waals surface area (Å²) in [4.78, 5) is 38.1. The van der Waals surface area contributed by atoms with E-state index in [0.29, 0.717) is 11.3 Å². The van der Waals surface area contributed by atoms with Crippen LogP contribution in [0.2, 0.25) is 0 Å². The predicted octanol–water partition coefficient (Wildman–Crippen LogP) is 1.76. The summed E-state index contributed by atoms with van der Waals surface area (Å²) in [7, 11) is 1.47. The molecule has 1 N–H and O–H groups in total. The molecule has 1 heterocycles. The second-order valence-corrected chi connectivity index (χ2v) is 6.47. The number of methoxy groups -OCH3 is 1. The summed E-state index contributed by atoms with van der Waals surface area (Å²) in [6, 6.07) is 7.01. The van der Waals surface area contributed by atoms with Gasteiger partial charge in [0.15, 0.2) is 6.61 Å².